The third-order valence-corrected chi connectivity index (χ3v) is 1.75. The topological polar surface area (TPSA) is 82.7 Å². The van der Waals surface area contributed by atoms with Crippen LogP contribution in [0.2, 0.25) is 0 Å². The van der Waals surface area contributed by atoms with E-state index in [-0.39, 0.29) is 12.1 Å². The Labute approximate surface area is 78.0 Å². The summed E-state index contributed by atoms with van der Waals surface area (Å²) in [7, 11) is 0. The third-order valence-electron chi connectivity index (χ3n) is 1.75. The average Bonchev–Trinajstić information content (AvgIpc) is 2.16. The van der Waals surface area contributed by atoms with E-state index in [0.717, 1.165) is 0 Å². The molecule has 1 heterocycles. The number of nitrogens with one attached hydrogen (secondary N) is 1. The van der Waals surface area contributed by atoms with E-state index in [1.54, 1.807) is 0 Å². The quantitative estimate of drug-likeness (QED) is 0.733. The normalized spacial score (nSPS) is 10.2. The second-order valence-electron chi connectivity index (χ2n) is 2.55. The lowest BCUT2D eigenvalue weighted by molar-refractivity contribution is 0.149. The van der Waals surface area contributed by atoms with Crippen LogP contribution in [0, 0.1) is 11.3 Å². The zero-order valence-electron chi connectivity index (χ0n) is 7.05. The summed E-state index contributed by atoms with van der Waals surface area (Å²) in [5, 5.41) is 8.47. The molecule has 0 aromatic carbocycles. The molecule has 1 aromatic rings. The number of nitrogens with zero attached hydrogens (tertiary/aromatic N) is 1. The van der Waals surface area contributed by atoms with E-state index in [4.69, 9.17) is 11.0 Å². The Kier molecular flexibility index (Phi) is 2.94. The number of nitriles is 1. The molecule has 4 nitrogen and oxygen atoms in total. The van der Waals surface area contributed by atoms with Crippen molar-refractivity contribution in [2.45, 2.75) is 13.0 Å². The minimum absolute atomic E-state index is 0.0410. The Morgan fingerprint density at radius 2 is 2.29 bits per heavy atom. The molecule has 3 N–H and O–H groups in total. The lowest BCUT2D eigenvalue weighted by Crippen LogP contribution is -2.20. The van der Waals surface area contributed by atoms with E-state index >= 15 is 0 Å². The number of hydrogen-bond acceptors (Lipinski definition) is 3. The van der Waals surface area contributed by atoms with Crippen molar-refractivity contribution >= 4 is 0 Å². The van der Waals surface area contributed by atoms with Crippen molar-refractivity contribution < 1.29 is 8.78 Å². The maximum atomic E-state index is 12.4. The molecule has 0 aliphatic rings. The van der Waals surface area contributed by atoms with Crippen LogP contribution in [0.3, 0.4) is 0 Å². The van der Waals surface area contributed by atoms with Crippen LogP contribution in [0.4, 0.5) is 8.78 Å². The Balaban J connectivity index is 3.50. The maximum Gasteiger partial charge on any atom is 0.270 e. The van der Waals surface area contributed by atoms with Gasteiger partial charge >= 0.3 is 0 Å². The highest BCUT2D eigenvalue weighted by Gasteiger charge is 2.19. The molecule has 74 valence electrons. The maximum absolute atomic E-state index is 12.4. The zero-order valence-corrected chi connectivity index (χ0v) is 7.05. The Bertz CT molecular complexity index is 433. The minimum Gasteiger partial charge on any atom is -0.352 e. The molecule has 0 atom stereocenters. The van der Waals surface area contributed by atoms with Crippen molar-refractivity contribution in [3.63, 3.8) is 0 Å². The molecular formula is C8H7F2N3O. The van der Waals surface area contributed by atoms with Crippen LogP contribution in [-0.2, 0) is 6.54 Å². The van der Waals surface area contributed by atoms with Crippen LogP contribution in [-0.4, -0.2) is 4.98 Å². The fourth-order valence-electron chi connectivity index (χ4n) is 1.04. The summed E-state index contributed by atoms with van der Waals surface area (Å²) in [6.45, 7) is -0.138. The molecule has 1 rings (SSSR count). The second kappa shape index (κ2) is 3.98. The van der Waals surface area contributed by atoms with Gasteiger partial charge in [-0.3, -0.25) is 4.79 Å². The first-order valence-electron chi connectivity index (χ1n) is 3.74. The van der Waals surface area contributed by atoms with Gasteiger partial charge in [-0.1, -0.05) is 0 Å². The van der Waals surface area contributed by atoms with E-state index in [1.165, 1.54) is 12.3 Å². The highest BCUT2D eigenvalue weighted by molar-refractivity contribution is 5.34. The van der Waals surface area contributed by atoms with Gasteiger partial charge in [0, 0.05) is 18.3 Å². The van der Waals surface area contributed by atoms with Crippen LogP contribution < -0.4 is 11.2 Å². The first-order valence-corrected chi connectivity index (χ1v) is 3.74. The van der Waals surface area contributed by atoms with Crippen LogP contribution in [0.25, 0.3) is 0 Å². The highest BCUT2D eigenvalue weighted by atomic mass is 19.3. The zero-order chi connectivity index (χ0) is 10.7. The molecule has 0 saturated carbocycles. The molecule has 0 aliphatic carbocycles. The second-order valence-corrected chi connectivity index (χ2v) is 2.55. The summed E-state index contributed by atoms with van der Waals surface area (Å²) in [4.78, 5) is 13.6. The lowest BCUT2D eigenvalue weighted by atomic mass is 10.1. The minimum atomic E-state index is -2.97. The van der Waals surface area contributed by atoms with E-state index < -0.39 is 23.1 Å². The molecule has 14 heavy (non-hydrogen) atoms. The van der Waals surface area contributed by atoms with Crippen molar-refractivity contribution in [3.8, 4) is 6.07 Å². The fourth-order valence-corrected chi connectivity index (χ4v) is 1.04. The van der Waals surface area contributed by atoms with E-state index in [0.29, 0.717) is 0 Å². The van der Waals surface area contributed by atoms with Gasteiger partial charge in [-0.2, -0.15) is 5.26 Å². The number of aromatic nitrogens is 1. The number of pyridine rings is 1. The molecule has 0 saturated heterocycles. The van der Waals surface area contributed by atoms with Gasteiger partial charge in [0.1, 0.15) is 11.8 Å². The number of rotatable bonds is 2. The van der Waals surface area contributed by atoms with Crippen LogP contribution in [0.15, 0.2) is 11.0 Å². The average molecular weight is 199 g/mol. The third kappa shape index (κ3) is 1.63. The first kappa shape index (κ1) is 10.3. The van der Waals surface area contributed by atoms with Gasteiger partial charge in [-0.25, -0.2) is 8.78 Å². The van der Waals surface area contributed by atoms with Crippen molar-refractivity contribution in [1.82, 2.24) is 4.98 Å². The van der Waals surface area contributed by atoms with Crippen molar-refractivity contribution in [1.29, 1.82) is 5.26 Å². The molecule has 6 heteroatoms. The summed E-state index contributed by atoms with van der Waals surface area (Å²) < 4.78 is 24.8. The number of aromatic amines is 1. The highest BCUT2D eigenvalue weighted by Crippen LogP contribution is 2.17. The smallest absolute Gasteiger partial charge is 0.270 e. The van der Waals surface area contributed by atoms with Crippen molar-refractivity contribution in [3.05, 3.63) is 33.2 Å². The van der Waals surface area contributed by atoms with Crippen LogP contribution in [0.1, 0.15) is 23.2 Å². The number of halogens is 2. The number of H-pyrrole nitrogens is 1. The van der Waals surface area contributed by atoms with Gasteiger partial charge in [0.15, 0.2) is 5.43 Å². The summed E-state index contributed by atoms with van der Waals surface area (Å²) in [5.41, 5.74) is 3.12. The first-order chi connectivity index (χ1) is 6.61. The molecule has 0 spiro atoms. The molecule has 1 aromatic heterocycles. The summed E-state index contributed by atoms with van der Waals surface area (Å²) >= 11 is 0. The lowest BCUT2D eigenvalue weighted by Gasteiger charge is -2.03. The number of nitrogens with two attached hydrogens (primary N) is 1. The van der Waals surface area contributed by atoms with Gasteiger partial charge in [0.05, 0.1) is 5.56 Å². The Hall–Kier alpha value is -1.74. The summed E-state index contributed by atoms with van der Waals surface area (Å²) in [5.74, 6) is 0. The van der Waals surface area contributed by atoms with Crippen LogP contribution in [0.5, 0.6) is 0 Å². The molecule has 0 radical (unpaired) electrons. The van der Waals surface area contributed by atoms with Gasteiger partial charge in [-0.15, -0.1) is 0 Å². The van der Waals surface area contributed by atoms with Gasteiger partial charge in [-0.05, 0) is 0 Å². The largest absolute Gasteiger partial charge is 0.352 e. The summed E-state index contributed by atoms with van der Waals surface area (Å²) in [6, 6.07) is 1.49. The molecule has 0 bridgehead atoms. The molecule has 0 unspecified atom stereocenters. The SMILES string of the molecule is N#Cc1[nH]cc(CN)c(=O)c1C(F)F. The predicted molar refractivity (Wildman–Crippen MR) is 44.6 cm³/mol. The summed E-state index contributed by atoms with van der Waals surface area (Å²) in [6.07, 6.45) is -1.80. The molecule has 0 amide bonds. The van der Waals surface area contributed by atoms with E-state index in [9.17, 15) is 13.6 Å². The molecule has 0 aliphatic heterocycles. The van der Waals surface area contributed by atoms with Crippen molar-refractivity contribution in [2.24, 2.45) is 5.73 Å². The van der Waals surface area contributed by atoms with E-state index in [1.807, 2.05) is 0 Å². The van der Waals surface area contributed by atoms with Gasteiger partial charge in [0.2, 0.25) is 0 Å². The molecule has 0 fully saturated rings. The fraction of sp³-hybridized carbons (Fsp3) is 0.250. The standard InChI is InChI=1S/C8H7F2N3O/c9-8(10)6-5(2-12)13-3-4(1-11)7(6)14/h3,8H,1,11H2,(H,13,14). The van der Waals surface area contributed by atoms with E-state index in [2.05, 4.69) is 4.98 Å². The number of alkyl halides is 2. The monoisotopic (exact) mass is 199 g/mol. The van der Waals surface area contributed by atoms with Gasteiger partial charge in [0.25, 0.3) is 6.43 Å². The Morgan fingerprint density at radius 1 is 1.64 bits per heavy atom. The van der Waals surface area contributed by atoms with Crippen molar-refractivity contribution in [2.75, 3.05) is 0 Å². The van der Waals surface area contributed by atoms with Gasteiger partial charge < -0.3 is 10.7 Å². The number of hydrogen-bond donors (Lipinski definition) is 2. The predicted octanol–water partition coefficient (Wildman–Crippen LogP) is 0.643. The van der Waals surface area contributed by atoms with Crippen LogP contribution >= 0.6 is 0 Å². The Morgan fingerprint density at radius 3 is 2.71 bits per heavy atom. The molecular weight excluding hydrogens is 192 g/mol.